The molecule has 0 spiro atoms. The first-order valence-electron chi connectivity index (χ1n) is 7.49. The van der Waals surface area contributed by atoms with Gasteiger partial charge in [0.15, 0.2) is 0 Å². The number of nitrogens with two attached hydrogens (primary N) is 1. The number of sulfonamides is 1. The predicted molar refractivity (Wildman–Crippen MR) is 88.5 cm³/mol. The first-order valence-corrected chi connectivity index (χ1v) is 9.04. The van der Waals surface area contributed by atoms with Gasteiger partial charge in [-0.25, -0.2) is 18.5 Å². The smallest absolute Gasteiger partial charge is 0.240 e. The Morgan fingerprint density at radius 2 is 1.87 bits per heavy atom. The molecule has 2 aromatic rings. The third kappa shape index (κ3) is 3.54. The highest BCUT2D eigenvalue weighted by Crippen LogP contribution is 2.25. The first kappa shape index (κ1) is 16.0. The monoisotopic (exact) mass is 335 g/mol. The van der Waals surface area contributed by atoms with E-state index in [0.717, 1.165) is 32.7 Å². The topological polar surface area (TPSA) is 84.5 Å². The van der Waals surface area contributed by atoms with Crippen molar-refractivity contribution < 1.29 is 8.42 Å². The molecular formula is C15H21N5O2S. The van der Waals surface area contributed by atoms with Crippen LogP contribution in [0.25, 0.3) is 0 Å². The van der Waals surface area contributed by atoms with Gasteiger partial charge in [-0.05, 0) is 12.1 Å². The quantitative estimate of drug-likeness (QED) is 0.874. The van der Waals surface area contributed by atoms with Crippen LogP contribution in [0, 0.1) is 0 Å². The van der Waals surface area contributed by atoms with Crippen LogP contribution in [0.3, 0.4) is 0 Å². The van der Waals surface area contributed by atoms with Crippen LogP contribution >= 0.6 is 0 Å². The molecule has 1 aromatic carbocycles. The maximum atomic E-state index is 11.7. The predicted octanol–water partition coefficient (Wildman–Crippen LogP) is 0.390. The fourth-order valence-electron chi connectivity index (χ4n) is 2.87. The van der Waals surface area contributed by atoms with Gasteiger partial charge in [0.05, 0.1) is 17.7 Å². The number of aryl methyl sites for hydroxylation is 1. The lowest BCUT2D eigenvalue weighted by Crippen LogP contribution is -2.46. The van der Waals surface area contributed by atoms with Crippen molar-refractivity contribution in [2.24, 2.45) is 12.2 Å². The van der Waals surface area contributed by atoms with E-state index in [1.807, 2.05) is 29.9 Å². The van der Waals surface area contributed by atoms with Crippen LogP contribution in [0.2, 0.25) is 0 Å². The molecule has 0 bridgehead atoms. The normalized spacial score (nSPS) is 16.7. The highest BCUT2D eigenvalue weighted by molar-refractivity contribution is 7.89. The summed E-state index contributed by atoms with van der Waals surface area (Å²) in [5, 5.41) is 5.32. The number of hydrogen-bond donors (Lipinski definition) is 1. The van der Waals surface area contributed by atoms with Crippen LogP contribution in [-0.4, -0.2) is 49.0 Å². The van der Waals surface area contributed by atoms with E-state index in [2.05, 4.69) is 14.8 Å². The molecule has 2 heterocycles. The number of anilines is 1. The molecule has 0 atom stereocenters. The molecule has 8 heteroatoms. The van der Waals surface area contributed by atoms with Crippen molar-refractivity contribution in [3.63, 3.8) is 0 Å². The summed E-state index contributed by atoms with van der Waals surface area (Å²) in [6, 6.07) is 6.91. The SMILES string of the molecule is Cn1cncc1CN1CCN(c2ccccc2S(N)(=O)=O)CC1. The van der Waals surface area contributed by atoms with Gasteiger partial charge in [0.25, 0.3) is 0 Å². The van der Waals surface area contributed by atoms with E-state index < -0.39 is 10.0 Å². The number of aromatic nitrogens is 2. The molecule has 1 aromatic heterocycles. The van der Waals surface area contributed by atoms with Crippen LogP contribution in [0.5, 0.6) is 0 Å². The highest BCUT2D eigenvalue weighted by atomic mass is 32.2. The Bertz CT molecular complexity index is 779. The summed E-state index contributed by atoms with van der Waals surface area (Å²) in [5.74, 6) is 0. The number of hydrogen-bond acceptors (Lipinski definition) is 5. The molecule has 1 fully saturated rings. The summed E-state index contributed by atoms with van der Waals surface area (Å²) in [5.41, 5.74) is 1.86. The van der Waals surface area contributed by atoms with Crippen molar-refractivity contribution in [1.29, 1.82) is 0 Å². The lowest BCUT2D eigenvalue weighted by atomic mass is 10.2. The van der Waals surface area contributed by atoms with Gasteiger partial charge < -0.3 is 9.47 Å². The minimum atomic E-state index is -3.71. The fourth-order valence-corrected chi connectivity index (χ4v) is 3.63. The Morgan fingerprint density at radius 1 is 1.17 bits per heavy atom. The van der Waals surface area contributed by atoms with Crippen LogP contribution < -0.4 is 10.0 Å². The third-order valence-electron chi connectivity index (χ3n) is 4.19. The average Bonchev–Trinajstić information content (AvgIpc) is 2.92. The summed E-state index contributed by atoms with van der Waals surface area (Å²) in [6.07, 6.45) is 3.68. The minimum absolute atomic E-state index is 0.195. The molecule has 1 saturated heterocycles. The molecule has 0 saturated carbocycles. The number of piperazine rings is 1. The molecule has 0 unspecified atom stereocenters. The van der Waals surface area contributed by atoms with Crippen molar-refractivity contribution in [3.8, 4) is 0 Å². The molecule has 23 heavy (non-hydrogen) atoms. The van der Waals surface area contributed by atoms with Gasteiger partial charge in [0.1, 0.15) is 4.90 Å². The van der Waals surface area contributed by atoms with E-state index in [9.17, 15) is 8.42 Å². The fraction of sp³-hybridized carbons (Fsp3) is 0.400. The molecule has 124 valence electrons. The summed E-state index contributed by atoms with van der Waals surface area (Å²) < 4.78 is 25.5. The van der Waals surface area contributed by atoms with Gasteiger partial charge in [-0.3, -0.25) is 4.90 Å². The van der Waals surface area contributed by atoms with Gasteiger partial charge in [0, 0.05) is 46.0 Å². The number of para-hydroxylation sites is 1. The zero-order valence-electron chi connectivity index (χ0n) is 13.1. The van der Waals surface area contributed by atoms with E-state index in [4.69, 9.17) is 5.14 Å². The van der Waals surface area contributed by atoms with Gasteiger partial charge in [-0.15, -0.1) is 0 Å². The number of benzene rings is 1. The largest absolute Gasteiger partial charge is 0.368 e. The average molecular weight is 335 g/mol. The van der Waals surface area contributed by atoms with Crippen molar-refractivity contribution in [2.75, 3.05) is 31.1 Å². The van der Waals surface area contributed by atoms with Gasteiger partial charge >= 0.3 is 0 Å². The van der Waals surface area contributed by atoms with E-state index in [0.29, 0.717) is 5.69 Å². The molecule has 7 nitrogen and oxygen atoms in total. The maximum Gasteiger partial charge on any atom is 0.240 e. The summed E-state index contributed by atoms with van der Waals surface area (Å²) in [4.78, 5) is 8.75. The molecule has 0 radical (unpaired) electrons. The number of primary sulfonamides is 1. The van der Waals surface area contributed by atoms with Crippen molar-refractivity contribution in [3.05, 3.63) is 42.5 Å². The molecule has 3 rings (SSSR count). The molecule has 1 aliphatic heterocycles. The van der Waals surface area contributed by atoms with Crippen LogP contribution in [0.1, 0.15) is 5.69 Å². The summed E-state index contributed by atoms with van der Waals surface area (Å²) >= 11 is 0. The van der Waals surface area contributed by atoms with Crippen LogP contribution in [-0.2, 0) is 23.6 Å². The second-order valence-electron chi connectivity index (χ2n) is 5.77. The number of imidazole rings is 1. The Hall–Kier alpha value is -1.90. The second kappa shape index (κ2) is 6.31. The summed E-state index contributed by atoms with van der Waals surface area (Å²) in [6.45, 7) is 4.12. The maximum absolute atomic E-state index is 11.7. The number of nitrogens with zero attached hydrogens (tertiary/aromatic N) is 4. The van der Waals surface area contributed by atoms with E-state index in [1.165, 1.54) is 5.69 Å². The van der Waals surface area contributed by atoms with Gasteiger partial charge in [-0.2, -0.15) is 0 Å². The summed E-state index contributed by atoms with van der Waals surface area (Å²) in [7, 11) is -1.72. The Balaban J connectivity index is 1.69. The Morgan fingerprint density at radius 3 is 2.48 bits per heavy atom. The Labute approximate surface area is 136 Å². The van der Waals surface area contributed by atoms with Crippen LogP contribution in [0.15, 0.2) is 41.7 Å². The van der Waals surface area contributed by atoms with Crippen LogP contribution in [0.4, 0.5) is 5.69 Å². The standard InChI is InChI=1S/C15H21N5O2S/c1-18-12-17-10-13(18)11-19-6-8-20(9-7-19)14-4-2-3-5-15(14)23(16,21)22/h2-5,10,12H,6-9,11H2,1H3,(H2,16,21,22). The van der Waals surface area contributed by atoms with Crippen molar-refractivity contribution in [2.45, 2.75) is 11.4 Å². The molecular weight excluding hydrogens is 314 g/mol. The zero-order valence-corrected chi connectivity index (χ0v) is 13.9. The lowest BCUT2D eigenvalue weighted by Gasteiger charge is -2.36. The van der Waals surface area contributed by atoms with Crippen molar-refractivity contribution in [1.82, 2.24) is 14.5 Å². The highest BCUT2D eigenvalue weighted by Gasteiger charge is 2.22. The van der Waals surface area contributed by atoms with E-state index >= 15 is 0 Å². The van der Waals surface area contributed by atoms with Gasteiger partial charge in [0.2, 0.25) is 10.0 Å². The van der Waals surface area contributed by atoms with E-state index in [1.54, 1.807) is 18.5 Å². The van der Waals surface area contributed by atoms with Crippen molar-refractivity contribution >= 4 is 15.7 Å². The number of rotatable bonds is 4. The first-order chi connectivity index (χ1) is 10.9. The molecule has 1 aliphatic rings. The van der Waals surface area contributed by atoms with Gasteiger partial charge in [-0.1, -0.05) is 12.1 Å². The Kier molecular flexibility index (Phi) is 4.38. The second-order valence-corrected chi connectivity index (χ2v) is 7.30. The molecule has 2 N–H and O–H groups in total. The zero-order chi connectivity index (χ0) is 16.4. The molecule has 0 aliphatic carbocycles. The van der Waals surface area contributed by atoms with E-state index in [-0.39, 0.29) is 4.90 Å². The molecule has 0 amide bonds. The minimum Gasteiger partial charge on any atom is -0.368 e. The lowest BCUT2D eigenvalue weighted by molar-refractivity contribution is 0.244. The third-order valence-corrected chi connectivity index (χ3v) is 5.15.